The number of sulfone groups is 2. The fraction of sp³-hybridized carbons (Fsp3) is 0.979. The van der Waals surface area contributed by atoms with Crippen LogP contribution in [0, 0.1) is 91.2 Å². The summed E-state index contributed by atoms with van der Waals surface area (Å²) in [5.41, 5.74) is 7.53. The van der Waals surface area contributed by atoms with Crippen LogP contribution in [-0.2, 0) is 38.7 Å². The van der Waals surface area contributed by atoms with Gasteiger partial charge in [0.1, 0.15) is 9.84 Å². The van der Waals surface area contributed by atoms with Gasteiger partial charge in [-0.05, 0) is 240 Å². The Morgan fingerprint density at radius 3 is 1.27 bits per heavy atom. The first-order chi connectivity index (χ1) is 53.4. The van der Waals surface area contributed by atoms with Crippen LogP contribution in [0.1, 0.15) is 336 Å². The van der Waals surface area contributed by atoms with Crippen LogP contribution < -0.4 is 5.73 Å². The molecule has 0 aromatic carbocycles. The molecule has 700 valence electrons. The number of aliphatic hydroxyl groups is 3. The zero-order valence-corrected chi connectivity index (χ0v) is 85.9. The van der Waals surface area contributed by atoms with E-state index in [0.717, 1.165) is 158 Å². The number of carbonyl (C=O) groups excluding carboxylic acids is 2. The Kier molecular flexibility index (Phi) is 56.9. The highest BCUT2D eigenvalue weighted by atomic mass is 79.9. The number of amides is 2. The molecule has 5 N–H and O–H groups in total. The lowest BCUT2D eigenvalue weighted by molar-refractivity contribution is -0.136. The van der Waals surface area contributed by atoms with Crippen LogP contribution in [0.3, 0.4) is 0 Å². The van der Waals surface area contributed by atoms with Crippen molar-refractivity contribution in [3.63, 3.8) is 0 Å². The van der Waals surface area contributed by atoms with Crippen LogP contribution in [0.15, 0.2) is 0 Å². The van der Waals surface area contributed by atoms with Gasteiger partial charge >= 0.3 is 0 Å². The van der Waals surface area contributed by atoms with Gasteiger partial charge in [0.25, 0.3) is 0 Å². The van der Waals surface area contributed by atoms with Gasteiger partial charge in [-0.3, -0.25) is 14.5 Å². The SMILES string of the molecule is CC(C)(C)CC(C)(C)O.CC(C)(C)CC1CC(O)C1.CC(C)(C)CC1CCC(Br)CC1.CC(C)(C)CC1CCOCC1.CC(C)(C)CCO.CC(C)(C)CN1CCC(CN)CC1=O.CC(C)(C)CN1CCS(=O)(=O)CC1.CC(C)CC1CCN(C(=O)CN2CCOCC2)CC1.CC(C)CC1CCS(=O)(=O)CC1.CC(C)CN1CCSCC1. The summed E-state index contributed by atoms with van der Waals surface area (Å²) in [6.07, 6.45) is 24.4. The van der Waals surface area contributed by atoms with Crippen molar-refractivity contribution in [3.05, 3.63) is 0 Å². The Hall–Kier alpha value is -0.690. The molecule has 17 nitrogen and oxygen atoms in total. The van der Waals surface area contributed by atoms with Gasteiger partial charge in [-0.2, -0.15) is 11.8 Å². The van der Waals surface area contributed by atoms with E-state index in [1.165, 1.54) is 115 Å². The number of alkyl halides is 1. The summed E-state index contributed by atoms with van der Waals surface area (Å²) in [6.45, 7) is 80.6. The highest BCUT2D eigenvalue weighted by molar-refractivity contribution is 9.09. The smallest absolute Gasteiger partial charge is 0.236 e. The van der Waals surface area contributed by atoms with E-state index in [2.05, 4.69) is 234 Å². The second-order valence-corrected chi connectivity index (χ2v) is 54.0. The van der Waals surface area contributed by atoms with E-state index < -0.39 is 25.3 Å². The first-order valence-corrected chi connectivity index (χ1v) is 52.4. The standard InChI is InChI=1S/C15H28N2O2.C11H21Br.C11H22N2O.C10H20O.C9H19NO2S.C9H18O2S.C9H18O.C8H17NS.C8H18O.C6H14O/c1-13(2)11-14-3-5-17(6-4-14)15(18)12-16-7-9-19-10-8-16;1-11(2,3)8-9-4-6-10(12)7-5-9;1-11(2,3)8-13-5-4-9(7-12)6-10(13)14;1-10(2,3)8-9-4-6-11-7-5-9;1-9(2,3)8-10-4-6-13(11,12)7-5-10;1-8(2)7-9-3-5-12(10,11)6-4-9;1-9(2,3)6-7-4-8(10)5-7;1-8(2)7-9-3-5-10-6-4-9;1-7(2,3)6-8(4,5)9;1-6(2,3)4-5-7/h13-14H,3-12H2,1-2H3;9-10H,4-8H2,1-3H3;9H,4-8,12H2,1-3H3;9H,4-8H2,1-3H3;4-8H2,1-3H3;8-9H,3-7H2,1-2H3;7-8,10H,4-6H2,1-3H3;8H,3-7H2,1-2H3;9H,6H2,1-5H3;7H,4-5H2,1-3H3. The first kappa shape index (κ1) is 116. The van der Waals surface area contributed by atoms with Gasteiger partial charge in [0.2, 0.25) is 11.8 Å². The minimum Gasteiger partial charge on any atom is -0.396 e. The Balaban J connectivity index is 0.00000129. The lowest BCUT2D eigenvalue weighted by atomic mass is 9.73. The second kappa shape index (κ2) is 57.2. The summed E-state index contributed by atoms with van der Waals surface area (Å²) in [7, 11) is -5.36. The van der Waals surface area contributed by atoms with Gasteiger partial charge in [-0.1, -0.05) is 203 Å². The predicted octanol–water partition coefficient (Wildman–Crippen LogP) is 20.2. The molecule has 0 radical (unpaired) electrons. The second-order valence-electron chi connectivity index (χ2n) is 46.9. The molecule has 7 aliphatic heterocycles. The van der Waals surface area contributed by atoms with E-state index in [1.54, 1.807) is 0 Å². The average molecular weight is 1790 g/mol. The summed E-state index contributed by atoms with van der Waals surface area (Å²) < 4.78 is 55.1. The van der Waals surface area contributed by atoms with Gasteiger partial charge in [-0.25, -0.2) is 16.8 Å². The number of hydrogen-bond acceptors (Lipinski definition) is 16. The lowest BCUT2D eigenvalue weighted by Gasteiger charge is -2.35. The molecule has 21 heteroatoms. The molecule has 2 amide bonds. The molecule has 9 rings (SSSR count). The van der Waals surface area contributed by atoms with E-state index in [0.29, 0.717) is 108 Å². The Labute approximate surface area is 738 Å². The van der Waals surface area contributed by atoms with Crippen molar-refractivity contribution in [2.75, 3.05) is 159 Å². The van der Waals surface area contributed by atoms with Crippen molar-refractivity contribution < 1.29 is 51.2 Å². The van der Waals surface area contributed by atoms with Crippen molar-refractivity contribution in [1.82, 2.24) is 24.5 Å². The molecular formula is C96H195BrN6O11S3. The number of ether oxygens (including phenoxy) is 2. The van der Waals surface area contributed by atoms with Crippen LogP contribution in [0.5, 0.6) is 0 Å². The zero-order valence-electron chi connectivity index (χ0n) is 81.9. The number of nitrogens with zero attached hydrogens (tertiary/aromatic N) is 5. The van der Waals surface area contributed by atoms with Gasteiger partial charge in [0.05, 0.1) is 54.5 Å². The molecule has 0 bridgehead atoms. The average Bonchev–Trinajstić information content (AvgIpc) is 0.882. The number of likely N-dealkylation sites (tertiary alicyclic amines) is 2. The predicted molar refractivity (Wildman–Crippen MR) is 509 cm³/mol. The maximum atomic E-state index is 12.2. The Morgan fingerprint density at radius 2 is 0.906 bits per heavy atom. The number of morpholine rings is 1. The summed E-state index contributed by atoms with van der Waals surface area (Å²) in [4.78, 5) is 35.8. The fourth-order valence-electron chi connectivity index (χ4n) is 17.1. The third-order valence-corrected chi connectivity index (χ3v) is 27.2. The molecule has 0 aromatic rings. The molecule has 7 saturated heterocycles. The number of nitrogens with two attached hydrogens (primary N) is 1. The van der Waals surface area contributed by atoms with Crippen molar-refractivity contribution in [2.45, 2.75) is 352 Å². The molecule has 2 saturated carbocycles. The molecule has 9 fully saturated rings. The maximum Gasteiger partial charge on any atom is 0.236 e. The third kappa shape index (κ3) is 70.1. The zero-order chi connectivity index (χ0) is 90.0. The fourth-order valence-corrected chi connectivity index (χ4v) is 21.5. The van der Waals surface area contributed by atoms with E-state index >= 15 is 0 Å². The minimum absolute atomic E-state index is 0.0207. The Morgan fingerprint density at radius 1 is 0.479 bits per heavy atom. The van der Waals surface area contributed by atoms with Crippen LogP contribution >= 0.6 is 27.7 Å². The Bertz CT molecular complexity index is 2710. The van der Waals surface area contributed by atoms with E-state index in [4.69, 9.17) is 25.4 Å². The minimum atomic E-state index is -2.71. The highest BCUT2D eigenvalue weighted by Crippen LogP contribution is 2.39. The number of piperidine rings is 2. The molecule has 2 aliphatic carbocycles. The summed E-state index contributed by atoms with van der Waals surface area (Å²) >= 11 is 5.78. The summed E-state index contributed by atoms with van der Waals surface area (Å²) in [5, 5.41) is 26.8. The molecule has 1 atom stereocenters. The largest absolute Gasteiger partial charge is 0.396 e. The van der Waals surface area contributed by atoms with E-state index in [-0.39, 0.29) is 28.3 Å². The van der Waals surface area contributed by atoms with Crippen LogP contribution in [0.2, 0.25) is 0 Å². The van der Waals surface area contributed by atoms with E-state index in [9.17, 15) is 31.5 Å². The molecule has 0 aromatic heterocycles. The van der Waals surface area contributed by atoms with Crippen LogP contribution in [0.25, 0.3) is 0 Å². The normalized spacial score (nSPS) is 23.8. The number of hydrogen-bond donors (Lipinski definition) is 4. The van der Waals surface area contributed by atoms with Gasteiger partial charge in [0.15, 0.2) is 9.84 Å². The lowest BCUT2D eigenvalue weighted by Crippen LogP contribution is -2.47. The molecule has 117 heavy (non-hydrogen) atoms. The van der Waals surface area contributed by atoms with Crippen LogP contribution in [-0.4, -0.2) is 244 Å². The van der Waals surface area contributed by atoms with Gasteiger partial charge in [0, 0.05) is 121 Å². The first-order valence-electron chi connectivity index (χ1n) is 46.7. The highest BCUT2D eigenvalue weighted by Gasteiger charge is 2.33. The van der Waals surface area contributed by atoms with Crippen LogP contribution in [0.4, 0.5) is 0 Å². The van der Waals surface area contributed by atoms with Gasteiger partial charge in [-0.15, -0.1) is 0 Å². The van der Waals surface area contributed by atoms with Crippen molar-refractivity contribution in [3.8, 4) is 0 Å². The number of rotatable bonds is 16. The quantitative estimate of drug-likeness (QED) is 0.105. The molecule has 9 aliphatic rings. The van der Waals surface area contributed by atoms with Gasteiger partial charge < -0.3 is 50.1 Å². The number of thioether (sulfide) groups is 1. The molecule has 1 unspecified atom stereocenters. The van der Waals surface area contributed by atoms with Crippen molar-refractivity contribution in [1.29, 1.82) is 0 Å². The number of carbonyl (C=O) groups is 2. The molecule has 7 heterocycles. The van der Waals surface area contributed by atoms with Crippen molar-refractivity contribution in [2.24, 2.45) is 96.9 Å². The van der Waals surface area contributed by atoms with E-state index in [1.807, 2.05) is 18.7 Å². The summed E-state index contributed by atoms with van der Waals surface area (Å²) in [5.74, 6) is 11.7. The van der Waals surface area contributed by atoms with Crippen molar-refractivity contribution >= 4 is 59.2 Å². The number of aliphatic hydroxyl groups excluding tert-OH is 2. The summed E-state index contributed by atoms with van der Waals surface area (Å²) in [6, 6.07) is 0. The maximum absolute atomic E-state index is 12.2. The third-order valence-electron chi connectivity index (χ3n) is 22.1. The molecular weight excluding hydrogens is 1590 g/mol. The number of halogens is 1. The molecule has 0 spiro atoms. The topological polar surface area (TPSA) is 224 Å². The monoisotopic (exact) mass is 1780 g/mol.